The monoisotopic (exact) mass is 341 g/mol. The molecule has 0 aliphatic carbocycles. The van der Waals surface area contributed by atoms with Gasteiger partial charge in [-0.1, -0.05) is 6.07 Å². The van der Waals surface area contributed by atoms with Crippen LogP contribution >= 0.6 is 0 Å². The average Bonchev–Trinajstić information content (AvgIpc) is 3.07. The second kappa shape index (κ2) is 7.08. The predicted molar refractivity (Wildman–Crippen MR) is 90.0 cm³/mol. The number of amides is 2. The summed E-state index contributed by atoms with van der Waals surface area (Å²) in [6, 6.07) is 10.1. The van der Waals surface area contributed by atoms with Gasteiger partial charge in [0.2, 0.25) is 5.91 Å². The van der Waals surface area contributed by atoms with E-state index in [0.29, 0.717) is 11.4 Å². The number of rotatable bonds is 5. The predicted octanol–water partition coefficient (Wildman–Crippen LogP) is 0.957. The summed E-state index contributed by atoms with van der Waals surface area (Å²) >= 11 is 0. The Bertz CT molecular complexity index is 808. The van der Waals surface area contributed by atoms with Gasteiger partial charge in [-0.2, -0.15) is 5.10 Å². The number of aromatic nitrogens is 1. The van der Waals surface area contributed by atoms with Gasteiger partial charge in [-0.05, 0) is 36.4 Å². The van der Waals surface area contributed by atoms with Crippen molar-refractivity contribution in [2.45, 2.75) is 19.0 Å². The first kappa shape index (κ1) is 16.6. The molecule has 0 bridgehead atoms. The number of nitrogens with one attached hydrogen (secondary N) is 1. The molecule has 1 aromatic heterocycles. The van der Waals surface area contributed by atoms with Gasteiger partial charge in [0.15, 0.2) is 0 Å². The third-order valence-electron chi connectivity index (χ3n) is 3.75. The van der Waals surface area contributed by atoms with Crippen LogP contribution in [0.5, 0.6) is 0 Å². The number of hydrazone groups is 1. The number of pyridine rings is 1. The summed E-state index contributed by atoms with van der Waals surface area (Å²) in [4.78, 5) is 28.1. The lowest BCUT2D eigenvalue weighted by atomic mass is 10.1. The first-order chi connectivity index (χ1) is 12.0. The third kappa shape index (κ3) is 3.79. The maximum Gasteiger partial charge on any atom is 0.267 e. The summed E-state index contributed by atoms with van der Waals surface area (Å²) in [5.41, 5.74) is 6.79. The molecule has 2 heterocycles. The van der Waals surface area contributed by atoms with Gasteiger partial charge in [0, 0.05) is 12.6 Å². The van der Waals surface area contributed by atoms with E-state index in [2.05, 4.69) is 15.4 Å². The molecule has 0 saturated carbocycles. The van der Waals surface area contributed by atoms with E-state index in [1.165, 1.54) is 29.3 Å². The summed E-state index contributed by atoms with van der Waals surface area (Å²) in [7, 11) is 0. The minimum Gasteiger partial charge on any atom is -0.368 e. The molecule has 0 unspecified atom stereocenters. The van der Waals surface area contributed by atoms with E-state index in [1.807, 2.05) is 6.07 Å². The molecule has 1 aromatic carbocycles. The lowest BCUT2D eigenvalue weighted by Gasteiger charge is -2.20. The van der Waals surface area contributed by atoms with Crippen molar-refractivity contribution in [1.29, 1.82) is 0 Å². The van der Waals surface area contributed by atoms with Crippen molar-refractivity contribution >= 4 is 23.2 Å². The van der Waals surface area contributed by atoms with Crippen LogP contribution in [0.15, 0.2) is 53.8 Å². The van der Waals surface area contributed by atoms with E-state index in [1.54, 1.807) is 18.3 Å². The number of hydrogen-bond donors (Lipinski definition) is 2. The van der Waals surface area contributed by atoms with Crippen LogP contribution in [0.1, 0.15) is 12.1 Å². The van der Waals surface area contributed by atoms with Crippen LogP contribution in [0, 0.1) is 5.82 Å². The molecule has 25 heavy (non-hydrogen) atoms. The highest BCUT2D eigenvalue weighted by Gasteiger charge is 2.34. The topological polar surface area (TPSA) is 101 Å². The minimum absolute atomic E-state index is 0.0841. The Balaban J connectivity index is 1.74. The van der Waals surface area contributed by atoms with Gasteiger partial charge in [-0.15, -0.1) is 0 Å². The number of nitrogens with two attached hydrogens (primary N) is 1. The van der Waals surface area contributed by atoms with Gasteiger partial charge >= 0.3 is 0 Å². The Labute approximate surface area is 143 Å². The van der Waals surface area contributed by atoms with Crippen molar-refractivity contribution < 1.29 is 14.0 Å². The summed E-state index contributed by atoms with van der Waals surface area (Å²) in [5, 5.41) is 8.25. The molecule has 8 heteroatoms. The Morgan fingerprint density at radius 2 is 2.00 bits per heavy atom. The molecule has 2 amide bonds. The highest BCUT2D eigenvalue weighted by molar-refractivity contribution is 6.40. The quantitative estimate of drug-likeness (QED) is 0.846. The van der Waals surface area contributed by atoms with Gasteiger partial charge in [-0.3, -0.25) is 19.6 Å². The molecule has 0 fully saturated rings. The summed E-state index contributed by atoms with van der Waals surface area (Å²) in [6.45, 7) is 0.247. The van der Waals surface area contributed by atoms with Crippen molar-refractivity contribution in [1.82, 2.24) is 10.3 Å². The Hall–Kier alpha value is -3.29. The van der Waals surface area contributed by atoms with Crippen molar-refractivity contribution in [3.05, 3.63) is 60.2 Å². The van der Waals surface area contributed by atoms with Gasteiger partial charge in [0.25, 0.3) is 5.91 Å². The zero-order valence-electron chi connectivity index (χ0n) is 13.2. The SMILES string of the molecule is NC(=O)[C@H]1CC(C(=O)NCc2ccccn2)=NN1c1ccc(F)cc1. The van der Waals surface area contributed by atoms with Crippen LogP contribution in [0.4, 0.5) is 10.1 Å². The van der Waals surface area contributed by atoms with Gasteiger partial charge < -0.3 is 11.1 Å². The molecule has 1 aliphatic rings. The third-order valence-corrected chi connectivity index (χ3v) is 3.75. The fourth-order valence-corrected chi connectivity index (χ4v) is 2.48. The smallest absolute Gasteiger partial charge is 0.267 e. The Morgan fingerprint density at radius 1 is 1.24 bits per heavy atom. The summed E-state index contributed by atoms with van der Waals surface area (Å²) in [5.74, 6) is -1.42. The first-order valence-electron chi connectivity index (χ1n) is 7.64. The van der Waals surface area contributed by atoms with Crippen LogP contribution in [0.3, 0.4) is 0 Å². The summed E-state index contributed by atoms with van der Waals surface area (Å²) < 4.78 is 13.1. The number of primary amides is 1. The van der Waals surface area contributed by atoms with Crippen LogP contribution in [-0.4, -0.2) is 28.6 Å². The Kier molecular flexibility index (Phi) is 4.69. The fraction of sp³-hybridized carbons (Fsp3) is 0.176. The van der Waals surface area contributed by atoms with Gasteiger partial charge in [0.1, 0.15) is 17.6 Å². The standard InChI is InChI=1S/C17H16FN5O2/c18-11-4-6-13(7-5-11)23-15(16(19)24)9-14(22-23)17(25)21-10-12-3-1-2-8-20-12/h1-8,15H,9-10H2,(H2,19,24)(H,21,25)/t15-/m1/s1. The number of nitrogens with zero attached hydrogens (tertiary/aromatic N) is 3. The molecule has 0 spiro atoms. The van der Waals surface area contributed by atoms with Gasteiger partial charge in [0.05, 0.1) is 17.9 Å². The maximum absolute atomic E-state index is 13.1. The molecule has 7 nitrogen and oxygen atoms in total. The fourth-order valence-electron chi connectivity index (χ4n) is 2.48. The second-order valence-electron chi connectivity index (χ2n) is 5.49. The van der Waals surface area contributed by atoms with Gasteiger partial charge in [-0.25, -0.2) is 4.39 Å². The van der Waals surface area contributed by atoms with Crippen molar-refractivity contribution in [3.8, 4) is 0 Å². The summed E-state index contributed by atoms with van der Waals surface area (Å²) in [6.07, 6.45) is 1.72. The number of benzene rings is 1. The van der Waals surface area contributed by atoms with E-state index < -0.39 is 23.7 Å². The molecule has 0 radical (unpaired) electrons. The van der Waals surface area contributed by atoms with Crippen molar-refractivity contribution in [2.24, 2.45) is 10.8 Å². The average molecular weight is 341 g/mol. The zero-order valence-corrected chi connectivity index (χ0v) is 13.2. The molecular weight excluding hydrogens is 325 g/mol. The van der Waals surface area contributed by atoms with Crippen molar-refractivity contribution in [3.63, 3.8) is 0 Å². The molecule has 128 valence electrons. The normalized spacial score (nSPS) is 16.4. The molecule has 3 rings (SSSR count). The van der Waals surface area contributed by atoms with E-state index in [9.17, 15) is 14.0 Å². The highest BCUT2D eigenvalue weighted by atomic mass is 19.1. The minimum atomic E-state index is -0.791. The number of anilines is 1. The van der Waals surface area contributed by atoms with Crippen LogP contribution in [0.25, 0.3) is 0 Å². The molecule has 1 atom stereocenters. The van der Waals surface area contributed by atoms with E-state index >= 15 is 0 Å². The molecule has 0 saturated heterocycles. The maximum atomic E-state index is 13.1. The largest absolute Gasteiger partial charge is 0.368 e. The van der Waals surface area contributed by atoms with E-state index in [-0.39, 0.29) is 18.7 Å². The zero-order chi connectivity index (χ0) is 17.8. The second-order valence-corrected chi connectivity index (χ2v) is 5.49. The lowest BCUT2D eigenvalue weighted by molar-refractivity contribution is -0.119. The first-order valence-corrected chi connectivity index (χ1v) is 7.64. The lowest BCUT2D eigenvalue weighted by Crippen LogP contribution is -2.39. The molecule has 2 aromatic rings. The molecular formula is C17H16FN5O2. The highest BCUT2D eigenvalue weighted by Crippen LogP contribution is 2.24. The van der Waals surface area contributed by atoms with Crippen molar-refractivity contribution in [2.75, 3.05) is 5.01 Å². The molecule has 1 aliphatic heterocycles. The van der Waals surface area contributed by atoms with E-state index in [0.717, 1.165) is 0 Å². The number of carbonyl (C=O) groups excluding carboxylic acids is 2. The number of hydrogen-bond acceptors (Lipinski definition) is 5. The van der Waals surface area contributed by atoms with Crippen LogP contribution in [-0.2, 0) is 16.1 Å². The number of carbonyl (C=O) groups is 2. The molecule has 3 N–H and O–H groups in total. The van der Waals surface area contributed by atoms with E-state index in [4.69, 9.17) is 5.73 Å². The van der Waals surface area contributed by atoms with Crippen LogP contribution in [0.2, 0.25) is 0 Å². The Morgan fingerprint density at radius 3 is 2.64 bits per heavy atom. The van der Waals surface area contributed by atoms with Crippen LogP contribution < -0.4 is 16.1 Å². The number of halogens is 1.